The average Bonchev–Trinajstić information content (AvgIpc) is 3.62. The molecule has 1 aliphatic rings. The number of nitro groups is 1. The number of anilines is 1. The number of urea groups is 1. The maximum atomic E-state index is 13.5. The Kier molecular flexibility index (Phi) is 25.5. The number of carbonyl (C=O) groups excluding carboxylic acids is 7. The van der Waals surface area contributed by atoms with E-state index in [2.05, 4.69) is 26.6 Å². The Bertz CT molecular complexity index is 2020. The summed E-state index contributed by atoms with van der Waals surface area (Å²) in [5.74, 6) is -2.74. The van der Waals surface area contributed by atoms with Crippen LogP contribution < -0.4 is 58.3 Å². The maximum absolute atomic E-state index is 13.5. The summed E-state index contributed by atoms with van der Waals surface area (Å²) in [5, 5.41) is 34.1. The fraction of sp³-hybridized carbons (Fsp3) is 0.452. The Morgan fingerprint density at radius 1 is 0.791 bits per heavy atom. The van der Waals surface area contributed by atoms with Crippen LogP contribution in [0.1, 0.15) is 32.3 Å². The van der Waals surface area contributed by atoms with Gasteiger partial charge in [-0.15, -0.1) is 0 Å². The summed E-state index contributed by atoms with van der Waals surface area (Å²) in [6.45, 7) is 3.90. The van der Waals surface area contributed by atoms with Gasteiger partial charge in [0.2, 0.25) is 5.91 Å². The molecule has 1 heterocycles. The number of nitrogens with zero attached hydrogens (tertiary/aromatic N) is 2. The molecule has 67 heavy (non-hydrogen) atoms. The molecular weight excluding hydrogens is 999 g/mol. The number of nitro benzene ring substituents is 1. The van der Waals surface area contributed by atoms with Gasteiger partial charge in [0.05, 0.1) is 38.0 Å². The molecule has 2 atom stereocenters. The number of imide groups is 1. The SMILES string of the molecule is CC(C)=C(NC(=O)CCOCCOCCOCCOCCNC(=O)CCN1C(=O)C=CC1=O)C(=O)NC([I-]CCNC(N)=O)C(=O)Nc1ccc(COC(O)Oc2ccc([N+](=O)[O-])cc2)cc1. The summed E-state index contributed by atoms with van der Waals surface area (Å²) >= 11 is -1.11. The molecule has 0 saturated heterocycles. The number of alkyl halides is 2. The molecule has 2 aromatic rings. The molecule has 0 bridgehead atoms. The van der Waals surface area contributed by atoms with Gasteiger partial charge in [-0.25, -0.2) is 0 Å². The van der Waals surface area contributed by atoms with E-state index in [0.717, 1.165) is 17.1 Å². The number of nitrogens with one attached hydrogen (secondary N) is 5. The first kappa shape index (κ1) is 55.2. The quantitative estimate of drug-likeness (QED) is 0.00429. The first-order valence-corrected chi connectivity index (χ1v) is 23.5. The number of halogens is 1. The molecule has 3 rings (SSSR count). The van der Waals surface area contributed by atoms with Crippen molar-refractivity contribution in [2.45, 2.75) is 43.8 Å². The summed E-state index contributed by atoms with van der Waals surface area (Å²) in [7, 11) is 0. The zero-order chi connectivity index (χ0) is 49.0. The topological polar surface area (TPSA) is 328 Å². The number of nitrogens with two attached hydrogens (primary N) is 1. The molecule has 0 spiro atoms. The molecule has 25 heteroatoms. The van der Waals surface area contributed by atoms with Gasteiger partial charge in [-0.2, -0.15) is 0 Å². The van der Waals surface area contributed by atoms with E-state index in [1.165, 1.54) is 24.3 Å². The van der Waals surface area contributed by atoms with E-state index in [-0.39, 0.29) is 88.6 Å². The van der Waals surface area contributed by atoms with Crippen LogP contribution in [0, 0.1) is 10.1 Å². The van der Waals surface area contributed by atoms with Gasteiger partial charge in [-0.3, -0.25) is 29.4 Å². The number of primary amides is 1. The van der Waals surface area contributed by atoms with E-state index in [1.807, 2.05) is 0 Å². The van der Waals surface area contributed by atoms with Crippen LogP contribution in [0.3, 0.4) is 0 Å². The van der Waals surface area contributed by atoms with Crippen LogP contribution in [0.15, 0.2) is 72.0 Å². The van der Waals surface area contributed by atoms with Crippen molar-refractivity contribution in [3.63, 3.8) is 0 Å². The Morgan fingerprint density at radius 3 is 1.97 bits per heavy atom. The third kappa shape index (κ3) is 22.8. The summed E-state index contributed by atoms with van der Waals surface area (Å²) in [4.78, 5) is 97.1. The molecule has 0 fully saturated rings. The Hall–Kier alpha value is -6.10. The third-order valence-corrected chi connectivity index (χ3v) is 11.6. The van der Waals surface area contributed by atoms with Crippen molar-refractivity contribution in [1.82, 2.24) is 26.2 Å². The number of rotatable bonds is 33. The van der Waals surface area contributed by atoms with Crippen LogP contribution >= 0.6 is 0 Å². The number of benzene rings is 2. The number of allylic oxidation sites excluding steroid dienone is 1. The van der Waals surface area contributed by atoms with Gasteiger partial charge in [0.1, 0.15) is 0 Å². The predicted octanol–water partition coefficient (Wildman–Crippen LogP) is -3.10. The number of non-ortho nitro benzene ring substituents is 1. The van der Waals surface area contributed by atoms with E-state index in [0.29, 0.717) is 47.7 Å². The van der Waals surface area contributed by atoms with Gasteiger partial charge in [0.15, 0.2) is 0 Å². The molecule has 2 aromatic carbocycles. The molecule has 0 aliphatic carbocycles. The van der Waals surface area contributed by atoms with E-state index in [4.69, 9.17) is 34.2 Å². The summed E-state index contributed by atoms with van der Waals surface area (Å²) in [6, 6.07) is 10.8. The molecule has 0 radical (unpaired) electrons. The van der Waals surface area contributed by atoms with E-state index < -0.39 is 72.2 Å². The Morgan fingerprint density at radius 2 is 1.39 bits per heavy atom. The van der Waals surface area contributed by atoms with Gasteiger partial charge in [0, 0.05) is 43.8 Å². The first-order valence-electron chi connectivity index (χ1n) is 20.7. The van der Waals surface area contributed by atoms with E-state index in [9.17, 15) is 48.8 Å². The van der Waals surface area contributed by atoms with Crippen molar-refractivity contribution in [2.24, 2.45) is 5.73 Å². The molecule has 368 valence electrons. The van der Waals surface area contributed by atoms with Crippen LogP contribution in [0.25, 0.3) is 0 Å². The van der Waals surface area contributed by atoms with Crippen molar-refractivity contribution in [3.05, 3.63) is 87.6 Å². The second kappa shape index (κ2) is 31.0. The van der Waals surface area contributed by atoms with Crippen LogP contribution in [0.2, 0.25) is 0 Å². The molecule has 1 aliphatic heterocycles. The van der Waals surface area contributed by atoms with Crippen molar-refractivity contribution in [2.75, 3.05) is 82.2 Å². The summed E-state index contributed by atoms with van der Waals surface area (Å²) in [5.41, 5.74) is 6.46. The number of aliphatic hydroxyl groups is 1. The van der Waals surface area contributed by atoms with Gasteiger partial charge < -0.3 is 14.8 Å². The number of hydrogen-bond acceptors (Lipinski definition) is 16. The van der Waals surface area contributed by atoms with Crippen LogP contribution in [-0.4, -0.2) is 144 Å². The Labute approximate surface area is 396 Å². The number of carbonyl (C=O) groups is 7. The number of amides is 8. The van der Waals surface area contributed by atoms with E-state index >= 15 is 0 Å². The fourth-order valence-electron chi connectivity index (χ4n) is 5.30. The van der Waals surface area contributed by atoms with Crippen molar-refractivity contribution < 1.29 is 93.2 Å². The zero-order valence-corrected chi connectivity index (χ0v) is 39.1. The zero-order valence-electron chi connectivity index (χ0n) is 37.0. The van der Waals surface area contributed by atoms with Crippen molar-refractivity contribution in [1.29, 1.82) is 0 Å². The van der Waals surface area contributed by atoms with Gasteiger partial charge in [-0.05, 0) is 12.1 Å². The number of hydrogen-bond donors (Lipinski definition) is 7. The summed E-state index contributed by atoms with van der Waals surface area (Å²) in [6.07, 6.45) is 2.26. The molecule has 8 amide bonds. The standard InChI is InChI=1S/C42H56IN8O16/c1-28(2)37(48-34(53)14-19-62-21-23-64-25-26-65-24-22-63-20-17-45-33(52)13-18-50-35(54)11-12-36(50)55)39(56)49-38(43-15-16-46-41(44)58)40(57)47-30-5-3-29(4-6-30)27-66-42(59)67-32-9-7-31(8-10-32)51(60)61/h3-12,38,42,59H,13-27H2,1-2H3,(H,45,52)(H,47,57)(H,48,53)(H,49,56)(H3,44,46,58)/q-1. The monoisotopic (exact) mass is 1060 g/mol. The molecule has 8 N–H and O–H groups in total. The molecule has 2 unspecified atom stereocenters. The van der Waals surface area contributed by atoms with Crippen molar-refractivity contribution >= 4 is 52.8 Å². The van der Waals surface area contributed by atoms with Crippen LogP contribution in [0.5, 0.6) is 5.75 Å². The van der Waals surface area contributed by atoms with Gasteiger partial charge in [-0.1, -0.05) is 0 Å². The minimum atomic E-state index is -1.67. The first-order chi connectivity index (χ1) is 32.1. The Balaban J connectivity index is 1.30. The normalized spacial score (nSPS) is 12.9. The average molecular weight is 1060 g/mol. The minimum absolute atomic E-state index is 0.000391. The van der Waals surface area contributed by atoms with Gasteiger partial charge >= 0.3 is 236 Å². The molecule has 24 nitrogen and oxygen atoms in total. The van der Waals surface area contributed by atoms with Gasteiger partial charge in [0.25, 0.3) is 17.5 Å². The predicted molar refractivity (Wildman–Crippen MR) is 232 cm³/mol. The van der Waals surface area contributed by atoms with Crippen molar-refractivity contribution in [3.8, 4) is 5.75 Å². The second-order valence-corrected chi connectivity index (χ2v) is 17.2. The third-order valence-electron chi connectivity index (χ3n) is 8.66. The summed E-state index contributed by atoms with van der Waals surface area (Å²) < 4.78 is 31.7. The molecule has 0 saturated carbocycles. The van der Waals surface area contributed by atoms with Crippen LogP contribution in [0.4, 0.5) is 16.2 Å². The number of aliphatic hydroxyl groups excluding tert-OH is 1. The molecule has 0 aromatic heterocycles. The second-order valence-electron chi connectivity index (χ2n) is 14.0. The van der Waals surface area contributed by atoms with Crippen LogP contribution in [-0.2, 0) is 59.1 Å². The number of ether oxygens (including phenoxy) is 6. The fourth-order valence-corrected chi connectivity index (χ4v) is 7.57. The molecular formula is C42H56IN8O16-. The van der Waals surface area contributed by atoms with E-state index in [1.54, 1.807) is 38.1 Å².